The fourth-order valence-electron chi connectivity index (χ4n) is 1.50. The molecule has 0 amide bonds. The van der Waals surface area contributed by atoms with E-state index in [-0.39, 0.29) is 10.6 Å². The van der Waals surface area contributed by atoms with Gasteiger partial charge < -0.3 is 5.32 Å². The van der Waals surface area contributed by atoms with Crippen LogP contribution in [0.5, 0.6) is 0 Å². The highest BCUT2D eigenvalue weighted by Crippen LogP contribution is 2.25. The van der Waals surface area contributed by atoms with E-state index in [9.17, 15) is 10.1 Å². The van der Waals surface area contributed by atoms with Gasteiger partial charge in [-0.2, -0.15) is 0 Å². The third-order valence-electron chi connectivity index (χ3n) is 2.23. The monoisotopic (exact) mass is 211 g/mol. The van der Waals surface area contributed by atoms with Gasteiger partial charge in [-0.05, 0) is 12.1 Å². The minimum atomic E-state index is -0.366. The van der Waals surface area contributed by atoms with Crippen molar-refractivity contribution in [3.05, 3.63) is 39.9 Å². The van der Waals surface area contributed by atoms with Crippen LogP contribution in [0.2, 0.25) is 0 Å². The zero-order chi connectivity index (χ0) is 9.97. The Bertz CT molecular complexity index is 333. The number of nitrogens with two attached hydrogens (primary N) is 1. The summed E-state index contributed by atoms with van der Waals surface area (Å²) in [5, 5.41) is 13.1. The van der Waals surface area contributed by atoms with Crippen molar-refractivity contribution in [2.24, 2.45) is 0 Å². The predicted octanol–water partition coefficient (Wildman–Crippen LogP) is 0.904. The summed E-state index contributed by atoms with van der Waals surface area (Å²) < 4.78 is 0. The van der Waals surface area contributed by atoms with Crippen LogP contribution in [-0.4, -0.2) is 17.2 Å². The summed E-state index contributed by atoms with van der Waals surface area (Å²) in [6, 6.07) is 6.83. The molecular formula is C9H11N2O2S+. The van der Waals surface area contributed by atoms with Gasteiger partial charge in [0.05, 0.1) is 11.5 Å². The van der Waals surface area contributed by atoms with Gasteiger partial charge in [0, 0.05) is 23.4 Å². The molecule has 0 aromatic heterocycles. The summed E-state index contributed by atoms with van der Waals surface area (Å²) in [4.78, 5) is 10.1. The molecule has 1 atom stereocenters. The molecule has 4 nitrogen and oxygen atoms in total. The van der Waals surface area contributed by atoms with E-state index < -0.39 is 0 Å². The zero-order valence-electron chi connectivity index (χ0n) is 7.55. The number of hydrogen-bond acceptors (Lipinski definition) is 3. The molecular weight excluding hydrogens is 200 g/mol. The largest absolute Gasteiger partial charge is 0.331 e. The Morgan fingerprint density at radius 1 is 1.43 bits per heavy atom. The smallest absolute Gasteiger partial charge is 0.269 e. The standard InChI is InChI=1S/C9H10N2O2S/c12-11(13)8-3-1-7(2-4-8)9-10-5-6-14-9/h1-4,9-10H,5-6H2/p+1/t9-/m0/s1. The fourth-order valence-corrected chi connectivity index (χ4v) is 2.65. The fraction of sp³-hybridized carbons (Fsp3) is 0.333. The van der Waals surface area contributed by atoms with Gasteiger partial charge in [0.15, 0.2) is 5.37 Å². The van der Waals surface area contributed by atoms with Crippen LogP contribution >= 0.6 is 11.8 Å². The number of quaternary nitrogens is 1. The van der Waals surface area contributed by atoms with Gasteiger partial charge in [-0.25, -0.2) is 0 Å². The third-order valence-corrected chi connectivity index (χ3v) is 3.52. The van der Waals surface area contributed by atoms with E-state index in [1.165, 1.54) is 0 Å². The normalized spacial score (nSPS) is 21.0. The Hall–Kier alpha value is -1.07. The van der Waals surface area contributed by atoms with E-state index in [0.29, 0.717) is 5.37 Å². The first-order chi connectivity index (χ1) is 6.77. The lowest BCUT2D eigenvalue weighted by Gasteiger charge is -2.05. The summed E-state index contributed by atoms with van der Waals surface area (Å²) in [6.45, 7) is 1.13. The molecule has 2 rings (SSSR count). The van der Waals surface area contributed by atoms with E-state index in [4.69, 9.17) is 0 Å². The first-order valence-corrected chi connectivity index (χ1v) is 5.51. The minimum absolute atomic E-state index is 0.164. The number of non-ortho nitro benzene ring substituents is 1. The number of benzene rings is 1. The molecule has 5 heteroatoms. The average Bonchev–Trinajstić information content (AvgIpc) is 2.71. The van der Waals surface area contributed by atoms with Crippen molar-refractivity contribution in [1.29, 1.82) is 0 Å². The molecule has 0 radical (unpaired) electrons. The molecule has 2 N–H and O–H groups in total. The Labute approximate surface area is 85.8 Å². The Morgan fingerprint density at radius 3 is 2.64 bits per heavy atom. The molecule has 1 aromatic carbocycles. The highest BCUT2D eigenvalue weighted by Gasteiger charge is 2.21. The van der Waals surface area contributed by atoms with Gasteiger partial charge in [-0.3, -0.25) is 10.1 Å². The number of nitro benzene ring substituents is 1. The van der Waals surface area contributed by atoms with Crippen molar-refractivity contribution in [3.63, 3.8) is 0 Å². The topological polar surface area (TPSA) is 59.8 Å². The van der Waals surface area contributed by atoms with Crippen molar-refractivity contribution in [1.82, 2.24) is 0 Å². The second-order valence-corrected chi connectivity index (χ2v) is 4.41. The van der Waals surface area contributed by atoms with Crippen LogP contribution in [0, 0.1) is 10.1 Å². The highest BCUT2D eigenvalue weighted by molar-refractivity contribution is 7.99. The molecule has 1 aliphatic heterocycles. The van der Waals surface area contributed by atoms with Gasteiger partial charge in [0.1, 0.15) is 0 Å². The summed E-state index contributed by atoms with van der Waals surface area (Å²) in [5.74, 6) is 1.15. The lowest BCUT2D eigenvalue weighted by molar-refractivity contribution is -0.663. The first kappa shape index (κ1) is 9.48. The summed E-state index contributed by atoms with van der Waals surface area (Å²) in [6.07, 6.45) is 0. The number of rotatable bonds is 2. The molecule has 0 bridgehead atoms. The average molecular weight is 211 g/mol. The maximum atomic E-state index is 10.4. The highest BCUT2D eigenvalue weighted by atomic mass is 32.2. The van der Waals surface area contributed by atoms with Crippen molar-refractivity contribution in [3.8, 4) is 0 Å². The van der Waals surface area contributed by atoms with Crippen LogP contribution in [0.3, 0.4) is 0 Å². The summed E-state index contributed by atoms with van der Waals surface area (Å²) in [7, 11) is 0. The van der Waals surface area contributed by atoms with Gasteiger partial charge in [-0.1, -0.05) is 11.8 Å². The number of thioether (sulfide) groups is 1. The van der Waals surface area contributed by atoms with Gasteiger partial charge >= 0.3 is 0 Å². The maximum absolute atomic E-state index is 10.4. The molecule has 1 saturated heterocycles. The van der Waals surface area contributed by atoms with Crippen molar-refractivity contribution in [2.75, 3.05) is 12.3 Å². The van der Waals surface area contributed by atoms with Gasteiger partial charge in [0.25, 0.3) is 5.69 Å². The Morgan fingerprint density at radius 2 is 2.14 bits per heavy atom. The Kier molecular flexibility index (Phi) is 2.69. The molecule has 1 aliphatic rings. The van der Waals surface area contributed by atoms with E-state index in [2.05, 4.69) is 5.32 Å². The van der Waals surface area contributed by atoms with Crippen molar-refractivity contribution in [2.45, 2.75) is 5.37 Å². The van der Waals surface area contributed by atoms with Gasteiger partial charge in [-0.15, -0.1) is 0 Å². The van der Waals surface area contributed by atoms with E-state index in [1.54, 1.807) is 12.1 Å². The molecule has 14 heavy (non-hydrogen) atoms. The summed E-state index contributed by atoms with van der Waals surface area (Å²) >= 11 is 1.88. The quantitative estimate of drug-likeness (QED) is 0.584. The molecule has 1 heterocycles. The molecule has 0 unspecified atom stereocenters. The second-order valence-electron chi connectivity index (χ2n) is 3.16. The van der Waals surface area contributed by atoms with Crippen LogP contribution in [-0.2, 0) is 0 Å². The lowest BCUT2D eigenvalue weighted by Crippen LogP contribution is -2.81. The van der Waals surface area contributed by atoms with Crippen molar-refractivity contribution < 1.29 is 10.2 Å². The van der Waals surface area contributed by atoms with Gasteiger partial charge in [0.2, 0.25) is 0 Å². The zero-order valence-corrected chi connectivity index (χ0v) is 8.37. The van der Waals surface area contributed by atoms with Crippen LogP contribution in [0.15, 0.2) is 24.3 Å². The number of nitrogens with zero attached hydrogens (tertiary/aromatic N) is 1. The molecule has 1 fully saturated rings. The van der Waals surface area contributed by atoms with Crippen LogP contribution in [0.1, 0.15) is 10.9 Å². The number of hydrogen-bond donors (Lipinski definition) is 1. The van der Waals surface area contributed by atoms with E-state index in [1.807, 2.05) is 23.9 Å². The van der Waals surface area contributed by atoms with Crippen LogP contribution in [0.4, 0.5) is 5.69 Å². The van der Waals surface area contributed by atoms with Crippen LogP contribution in [0.25, 0.3) is 0 Å². The van der Waals surface area contributed by atoms with Crippen LogP contribution < -0.4 is 5.32 Å². The third kappa shape index (κ3) is 1.88. The van der Waals surface area contributed by atoms with E-state index in [0.717, 1.165) is 17.9 Å². The Balaban J connectivity index is 2.16. The minimum Gasteiger partial charge on any atom is -0.331 e. The predicted molar refractivity (Wildman–Crippen MR) is 55.1 cm³/mol. The summed E-state index contributed by atoms with van der Waals surface area (Å²) in [5.41, 5.74) is 1.33. The lowest BCUT2D eigenvalue weighted by atomic mass is 10.2. The van der Waals surface area contributed by atoms with Crippen molar-refractivity contribution >= 4 is 17.4 Å². The SMILES string of the molecule is O=[N+]([O-])c1ccc([C@H]2[NH2+]CCS2)cc1. The number of nitro groups is 1. The maximum Gasteiger partial charge on any atom is 0.269 e. The molecule has 0 spiro atoms. The first-order valence-electron chi connectivity index (χ1n) is 4.46. The van der Waals surface area contributed by atoms with E-state index >= 15 is 0 Å². The molecule has 0 saturated carbocycles. The molecule has 1 aromatic rings. The molecule has 74 valence electrons. The second kappa shape index (κ2) is 3.98. The molecule has 0 aliphatic carbocycles.